The van der Waals surface area contributed by atoms with Gasteiger partial charge in [0.05, 0.1) is 6.10 Å². The molecular formula is C29H46O3Si2. The Morgan fingerprint density at radius 2 is 1.32 bits per heavy atom. The number of carbonyl (C=O) groups excluding carboxylic acids is 1. The smallest absolute Gasteiger partial charge is 0.261 e. The van der Waals surface area contributed by atoms with Crippen LogP contribution >= 0.6 is 0 Å². The van der Waals surface area contributed by atoms with Crippen molar-refractivity contribution >= 4 is 33.3 Å². The topological polar surface area (TPSA) is 35.5 Å². The third-order valence-electron chi connectivity index (χ3n) is 7.57. The third kappa shape index (κ3) is 6.57. The molecule has 0 heterocycles. The minimum absolute atomic E-state index is 0.0464. The Balaban J connectivity index is 2.40. The Hall–Kier alpha value is -1.54. The van der Waals surface area contributed by atoms with Gasteiger partial charge in [-0.3, -0.25) is 0 Å². The van der Waals surface area contributed by atoms with Gasteiger partial charge in [0.25, 0.3) is 8.32 Å². The number of benzene rings is 2. The highest BCUT2D eigenvalue weighted by molar-refractivity contribution is 6.99. The Bertz CT molecular complexity index is 797. The zero-order valence-corrected chi connectivity index (χ0v) is 24.5. The second-order valence-corrected chi connectivity index (χ2v) is 19.6. The van der Waals surface area contributed by atoms with Crippen LogP contribution in [0.15, 0.2) is 60.7 Å². The molecule has 0 aliphatic heterocycles. The first-order valence-corrected chi connectivity index (χ1v) is 17.5. The third-order valence-corrected chi connectivity index (χ3v) is 17.3. The van der Waals surface area contributed by atoms with E-state index in [1.165, 1.54) is 10.4 Å². The van der Waals surface area contributed by atoms with Crippen LogP contribution < -0.4 is 10.4 Å². The van der Waals surface area contributed by atoms with Crippen LogP contribution in [0.5, 0.6) is 0 Å². The van der Waals surface area contributed by atoms with Crippen LogP contribution in [0.25, 0.3) is 0 Å². The Morgan fingerprint density at radius 3 is 1.71 bits per heavy atom. The summed E-state index contributed by atoms with van der Waals surface area (Å²) in [5.41, 5.74) is 0. The first kappa shape index (κ1) is 28.7. The number of hydrogen-bond donors (Lipinski definition) is 0. The molecule has 0 radical (unpaired) electrons. The van der Waals surface area contributed by atoms with E-state index in [2.05, 4.69) is 109 Å². The molecule has 0 aliphatic rings. The molecular weight excluding hydrogens is 452 g/mol. The lowest BCUT2D eigenvalue weighted by molar-refractivity contribution is -0.109. The quantitative estimate of drug-likeness (QED) is 0.218. The van der Waals surface area contributed by atoms with Gasteiger partial charge in [-0.1, -0.05) is 109 Å². The fourth-order valence-electron chi connectivity index (χ4n) is 5.17. The van der Waals surface area contributed by atoms with Crippen molar-refractivity contribution in [3.8, 4) is 0 Å². The number of carbonyl (C=O) groups is 1. The molecule has 0 saturated carbocycles. The van der Waals surface area contributed by atoms with Gasteiger partial charge in [-0.25, -0.2) is 0 Å². The molecule has 34 heavy (non-hydrogen) atoms. The van der Waals surface area contributed by atoms with Crippen molar-refractivity contribution in [2.24, 2.45) is 5.92 Å². The van der Waals surface area contributed by atoms with Crippen molar-refractivity contribution in [1.29, 1.82) is 0 Å². The van der Waals surface area contributed by atoms with E-state index in [9.17, 15) is 4.79 Å². The lowest BCUT2D eigenvalue weighted by atomic mass is 10.00. The van der Waals surface area contributed by atoms with Gasteiger partial charge in [0.1, 0.15) is 6.29 Å². The van der Waals surface area contributed by atoms with Crippen LogP contribution in [0.4, 0.5) is 0 Å². The van der Waals surface area contributed by atoms with Gasteiger partial charge in [-0.2, -0.15) is 0 Å². The minimum Gasteiger partial charge on any atom is -0.414 e. The van der Waals surface area contributed by atoms with E-state index in [0.29, 0.717) is 13.0 Å². The molecule has 0 aliphatic carbocycles. The van der Waals surface area contributed by atoms with Crippen LogP contribution in [0.2, 0.25) is 23.2 Å². The lowest BCUT2D eigenvalue weighted by Crippen LogP contribution is -2.66. The predicted octanol–water partition coefficient (Wildman–Crippen LogP) is 6.57. The monoisotopic (exact) mass is 498 g/mol. The van der Waals surface area contributed by atoms with Crippen molar-refractivity contribution in [3.05, 3.63) is 60.7 Å². The Morgan fingerprint density at radius 1 is 0.853 bits per heavy atom. The summed E-state index contributed by atoms with van der Waals surface area (Å²) in [6, 6.07) is 24.9. The summed E-state index contributed by atoms with van der Waals surface area (Å²) < 4.78 is 14.1. The molecule has 0 saturated heterocycles. The van der Waals surface area contributed by atoms with Crippen molar-refractivity contribution in [2.75, 3.05) is 6.61 Å². The van der Waals surface area contributed by atoms with Gasteiger partial charge in [-0.05, 0) is 45.9 Å². The number of rotatable bonds is 14. The zero-order chi connectivity index (χ0) is 25.2. The summed E-state index contributed by atoms with van der Waals surface area (Å²) in [4.78, 5) is 11.4. The number of aldehydes is 1. The van der Waals surface area contributed by atoms with E-state index < -0.39 is 16.6 Å². The summed E-state index contributed by atoms with van der Waals surface area (Å²) in [6.07, 6.45) is 2.44. The standard InChI is InChI=1S/C29H46O3Si2/c1-8-33(9-2,10-3)32-28(25(4)21-23-30)22-24-31-34(29(5,6)7,26-17-13-11-14-18-26)27-19-15-12-16-20-27/h11-20,23,25,28H,8-10,21-22,24H2,1-7H3/t25-,28-/m1/s1. The van der Waals surface area contributed by atoms with E-state index >= 15 is 0 Å². The zero-order valence-electron chi connectivity index (χ0n) is 22.5. The molecule has 2 atom stereocenters. The van der Waals surface area contributed by atoms with E-state index in [-0.39, 0.29) is 17.1 Å². The summed E-state index contributed by atoms with van der Waals surface area (Å²) in [7, 11) is -4.36. The highest BCUT2D eigenvalue weighted by atomic mass is 28.4. The molecule has 2 aromatic carbocycles. The van der Waals surface area contributed by atoms with Crippen LogP contribution in [-0.2, 0) is 13.6 Å². The predicted molar refractivity (Wildman–Crippen MR) is 150 cm³/mol. The molecule has 188 valence electrons. The van der Waals surface area contributed by atoms with Gasteiger partial charge in [-0.15, -0.1) is 0 Å². The highest BCUT2D eigenvalue weighted by Crippen LogP contribution is 2.37. The number of hydrogen-bond acceptors (Lipinski definition) is 3. The SMILES string of the molecule is CC[Si](CC)(CC)O[C@H](CCO[Si](c1ccccc1)(c1ccccc1)C(C)(C)C)[C@H](C)CC=O. The van der Waals surface area contributed by atoms with E-state index in [0.717, 1.165) is 30.8 Å². The maximum atomic E-state index is 11.4. The summed E-state index contributed by atoms with van der Waals surface area (Å²) >= 11 is 0. The van der Waals surface area contributed by atoms with Gasteiger partial charge in [0.2, 0.25) is 0 Å². The highest BCUT2D eigenvalue weighted by Gasteiger charge is 2.50. The lowest BCUT2D eigenvalue weighted by Gasteiger charge is -2.43. The van der Waals surface area contributed by atoms with Gasteiger partial charge in [0.15, 0.2) is 8.32 Å². The van der Waals surface area contributed by atoms with Crippen molar-refractivity contribution < 1.29 is 13.6 Å². The largest absolute Gasteiger partial charge is 0.414 e. The van der Waals surface area contributed by atoms with Gasteiger partial charge < -0.3 is 13.6 Å². The van der Waals surface area contributed by atoms with E-state index in [4.69, 9.17) is 8.85 Å². The van der Waals surface area contributed by atoms with Crippen LogP contribution in [0.3, 0.4) is 0 Å². The molecule has 3 nitrogen and oxygen atoms in total. The van der Waals surface area contributed by atoms with Crippen LogP contribution in [-0.4, -0.2) is 35.6 Å². The molecule has 0 amide bonds. The normalized spacial score (nSPS) is 14.6. The molecule has 0 aromatic heterocycles. The maximum Gasteiger partial charge on any atom is 0.261 e. The fourth-order valence-corrected chi connectivity index (χ4v) is 12.7. The fraction of sp³-hybridized carbons (Fsp3) is 0.552. The van der Waals surface area contributed by atoms with Gasteiger partial charge >= 0.3 is 0 Å². The summed E-state index contributed by atoms with van der Waals surface area (Å²) in [5, 5.41) is 2.55. The average Bonchev–Trinajstić information content (AvgIpc) is 2.84. The van der Waals surface area contributed by atoms with E-state index in [1.54, 1.807) is 0 Å². The molecule has 0 fully saturated rings. The van der Waals surface area contributed by atoms with Crippen molar-refractivity contribution in [2.45, 2.75) is 90.6 Å². The average molecular weight is 499 g/mol. The minimum atomic E-state index is -2.57. The van der Waals surface area contributed by atoms with Crippen molar-refractivity contribution in [3.63, 3.8) is 0 Å². The first-order valence-electron chi connectivity index (χ1n) is 13.1. The molecule has 0 spiro atoms. The molecule has 0 N–H and O–H groups in total. The second-order valence-electron chi connectivity index (χ2n) is 10.6. The molecule has 5 heteroatoms. The van der Waals surface area contributed by atoms with Crippen molar-refractivity contribution in [1.82, 2.24) is 0 Å². The Kier molecular flexibility index (Phi) is 10.9. The maximum absolute atomic E-state index is 11.4. The Labute approximate surface area is 210 Å². The van der Waals surface area contributed by atoms with Crippen LogP contribution in [0, 0.1) is 5.92 Å². The molecule has 2 rings (SSSR count). The molecule has 2 aromatic rings. The summed E-state index contributed by atoms with van der Waals surface area (Å²) in [5.74, 6) is 0.191. The molecule has 0 bridgehead atoms. The van der Waals surface area contributed by atoms with E-state index in [1.807, 2.05) is 0 Å². The second kappa shape index (κ2) is 13.0. The first-order chi connectivity index (χ1) is 16.2. The van der Waals surface area contributed by atoms with Crippen LogP contribution in [0.1, 0.15) is 61.3 Å². The summed E-state index contributed by atoms with van der Waals surface area (Å²) in [6.45, 7) is 16.5. The van der Waals surface area contributed by atoms with Gasteiger partial charge in [0, 0.05) is 13.0 Å². The molecule has 0 unspecified atom stereocenters.